The van der Waals surface area contributed by atoms with E-state index in [1.54, 1.807) is 12.1 Å². The first kappa shape index (κ1) is 13.0. The first-order valence-corrected chi connectivity index (χ1v) is 6.47. The van der Waals surface area contributed by atoms with Gasteiger partial charge in [-0.15, -0.1) is 0 Å². The van der Waals surface area contributed by atoms with Crippen molar-refractivity contribution in [3.8, 4) is 0 Å². The Morgan fingerprint density at radius 1 is 1.00 bits per heavy atom. The maximum atomic E-state index is 6.03. The molecule has 0 amide bonds. The number of nitrogens with one attached hydrogen (secondary N) is 2. The molecule has 2 rings (SSSR count). The van der Waals surface area contributed by atoms with Gasteiger partial charge >= 0.3 is 0 Å². The highest BCUT2D eigenvalue weighted by Gasteiger charge is 2.08. The first-order chi connectivity index (χ1) is 8.16. The average molecular weight is 293 g/mol. The van der Waals surface area contributed by atoms with Crippen LogP contribution in [0.1, 0.15) is 12.8 Å². The third-order valence-corrected chi connectivity index (χ3v) is 3.56. The summed E-state index contributed by atoms with van der Waals surface area (Å²) < 4.78 is 0. The number of rotatable bonds is 2. The van der Waals surface area contributed by atoms with Crippen LogP contribution in [-0.2, 0) is 0 Å². The second kappa shape index (κ2) is 5.91. The Labute approximate surface area is 115 Å². The molecule has 1 saturated heterocycles. The van der Waals surface area contributed by atoms with E-state index in [9.17, 15) is 0 Å². The van der Waals surface area contributed by atoms with Crippen LogP contribution in [0.15, 0.2) is 17.2 Å². The van der Waals surface area contributed by atoms with Crippen LogP contribution >= 0.6 is 34.8 Å². The van der Waals surface area contributed by atoms with Gasteiger partial charge < -0.3 is 5.32 Å². The quantitative estimate of drug-likeness (QED) is 0.642. The molecule has 1 fully saturated rings. The number of anilines is 1. The van der Waals surface area contributed by atoms with E-state index < -0.39 is 0 Å². The van der Waals surface area contributed by atoms with Gasteiger partial charge in [0.1, 0.15) is 0 Å². The van der Waals surface area contributed by atoms with Crippen molar-refractivity contribution in [2.75, 3.05) is 18.5 Å². The second-order valence-electron chi connectivity index (χ2n) is 3.79. The van der Waals surface area contributed by atoms with Gasteiger partial charge in [-0.05, 0) is 12.1 Å². The van der Waals surface area contributed by atoms with E-state index >= 15 is 0 Å². The van der Waals surface area contributed by atoms with E-state index in [4.69, 9.17) is 34.8 Å². The summed E-state index contributed by atoms with van der Waals surface area (Å²) >= 11 is 17.8. The van der Waals surface area contributed by atoms with Crippen LogP contribution in [0.25, 0.3) is 0 Å². The van der Waals surface area contributed by atoms with Crippen molar-refractivity contribution in [2.24, 2.45) is 5.10 Å². The van der Waals surface area contributed by atoms with Gasteiger partial charge in [0.25, 0.3) is 0 Å². The minimum absolute atomic E-state index is 0.441. The van der Waals surface area contributed by atoms with Crippen LogP contribution in [-0.4, -0.2) is 18.8 Å². The Balaban J connectivity index is 2.10. The van der Waals surface area contributed by atoms with Crippen molar-refractivity contribution in [3.05, 3.63) is 27.2 Å². The highest BCUT2D eigenvalue weighted by molar-refractivity contribution is 6.44. The number of hydrazone groups is 1. The van der Waals surface area contributed by atoms with E-state index in [-0.39, 0.29) is 0 Å². The van der Waals surface area contributed by atoms with Crippen molar-refractivity contribution in [3.63, 3.8) is 0 Å². The number of nitrogens with zero attached hydrogens (tertiary/aromatic N) is 1. The molecule has 1 heterocycles. The molecule has 92 valence electrons. The summed E-state index contributed by atoms with van der Waals surface area (Å²) in [6.45, 7) is 1.94. The summed E-state index contributed by atoms with van der Waals surface area (Å²) in [4.78, 5) is 0. The number of benzene rings is 1. The molecule has 0 radical (unpaired) electrons. The fraction of sp³-hybridized carbons (Fsp3) is 0.364. The molecule has 1 aliphatic heterocycles. The molecular weight excluding hydrogens is 281 g/mol. The topological polar surface area (TPSA) is 36.4 Å². The Hall–Kier alpha value is -0.480. The fourth-order valence-corrected chi connectivity index (χ4v) is 2.16. The molecule has 0 aromatic heterocycles. The van der Waals surface area contributed by atoms with Gasteiger partial charge in [0.15, 0.2) is 0 Å². The zero-order chi connectivity index (χ0) is 12.3. The number of piperidine rings is 1. The van der Waals surface area contributed by atoms with E-state index in [1.807, 2.05) is 0 Å². The van der Waals surface area contributed by atoms with Gasteiger partial charge in [0.2, 0.25) is 0 Å². The van der Waals surface area contributed by atoms with E-state index in [0.717, 1.165) is 31.6 Å². The van der Waals surface area contributed by atoms with Gasteiger partial charge in [-0.1, -0.05) is 34.8 Å². The highest BCUT2D eigenvalue weighted by atomic mass is 35.5. The summed E-state index contributed by atoms with van der Waals surface area (Å²) in [6.07, 6.45) is 1.90. The third-order valence-electron chi connectivity index (χ3n) is 2.53. The molecule has 0 atom stereocenters. The van der Waals surface area contributed by atoms with Crippen LogP contribution in [0.5, 0.6) is 0 Å². The van der Waals surface area contributed by atoms with Crippen LogP contribution in [0.3, 0.4) is 0 Å². The SMILES string of the molecule is Clc1cc(Cl)c(NN=C2CCNCC2)cc1Cl. The van der Waals surface area contributed by atoms with Crippen LogP contribution < -0.4 is 10.7 Å². The predicted octanol–water partition coefficient (Wildman–Crippen LogP) is 3.80. The van der Waals surface area contributed by atoms with Gasteiger partial charge in [0.05, 0.1) is 20.8 Å². The van der Waals surface area contributed by atoms with E-state index in [1.165, 1.54) is 0 Å². The van der Waals surface area contributed by atoms with E-state index in [2.05, 4.69) is 15.8 Å². The lowest BCUT2D eigenvalue weighted by atomic mass is 10.1. The summed E-state index contributed by atoms with van der Waals surface area (Å²) in [7, 11) is 0. The van der Waals surface area contributed by atoms with Crippen molar-refractivity contribution < 1.29 is 0 Å². The average Bonchev–Trinajstić information content (AvgIpc) is 2.33. The smallest absolute Gasteiger partial charge is 0.0763 e. The first-order valence-electron chi connectivity index (χ1n) is 5.33. The maximum absolute atomic E-state index is 6.03. The summed E-state index contributed by atoms with van der Waals surface area (Å²) in [5.74, 6) is 0. The molecule has 3 nitrogen and oxygen atoms in total. The van der Waals surface area contributed by atoms with Crippen molar-refractivity contribution >= 4 is 46.2 Å². The molecule has 1 aromatic carbocycles. The molecule has 0 spiro atoms. The Morgan fingerprint density at radius 3 is 2.35 bits per heavy atom. The normalized spacial score (nSPS) is 15.8. The monoisotopic (exact) mass is 291 g/mol. The van der Waals surface area contributed by atoms with Crippen molar-refractivity contribution in [1.29, 1.82) is 0 Å². The van der Waals surface area contributed by atoms with Crippen LogP contribution in [0, 0.1) is 0 Å². The summed E-state index contributed by atoms with van der Waals surface area (Å²) in [5.41, 5.74) is 4.74. The summed E-state index contributed by atoms with van der Waals surface area (Å²) in [6, 6.07) is 3.29. The number of halogens is 3. The Kier molecular flexibility index (Phi) is 4.51. The molecule has 0 saturated carbocycles. The molecule has 17 heavy (non-hydrogen) atoms. The van der Waals surface area contributed by atoms with Crippen LogP contribution in [0.2, 0.25) is 15.1 Å². The lowest BCUT2D eigenvalue weighted by Gasteiger charge is -2.14. The van der Waals surface area contributed by atoms with Gasteiger partial charge in [-0.25, -0.2) is 0 Å². The zero-order valence-corrected chi connectivity index (χ0v) is 11.3. The minimum atomic E-state index is 0.441. The number of hydrogen-bond donors (Lipinski definition) is 2. The largest absolute Gasteiger partial charge is 0.316 e. The molecule has 1 aromatic rings. The molecule has 6 heteroatoms. The molecule has 1 aliphatic rings. The van der Waals surface area contributed by atoms with Crippen molar-refractivity contribution in [2.45, 2.75) is 12.8 Å². The molecular formula is C11H12Cl3N3. The lowest BCUT2D eigenvalue weighted by molar-refractivity contribution is 0.670. The predicted molar refractivity (Wildman–Crippen MR) is 74.6 cm³/mol. The molecule has 2 N–H and O–H groups in total. The zero-order valence-electron chi connectivity index (χ0n) is 9.06. The number of hydrogen-bond acceptors (Lipinski definition) is 3. The third kappa shape index (κ3) is 3.49. The highest BCUT2D eigenvalue weighted by Crippen LogP contribution is 2.32. The van der Waals surface area contributed by atoms with E-state index in [0.29, 0.717) is 20.8 Å². The lowest BCUT2D eigenvalue weighted by Crippen LogP contribution is -2.28. The van der Waals surface area contributed by atoms with Gasteiger partial charge in [-0.2, -0.15) is 5.10 Å². The fourth-order valence-electron chi connectivity index (χ4n) is 1.57. The molecule has 0 unspecified atom stereocenters. The Bertz CT molecular complexity index is 438. The van der Waals surface area contributed by atoms with Crippen LogP contribution in [0.4, 0.5) is 5.69 Å². The summed E-state index contributed by atoms with van der Waals surface area (Å²) in [5, 5.41) is 9.01. The standard InChI is InChI=1S/C11H12Cl3N3/c12-8-5-10(14)11(6-9(8)13)17-16-7-1-3-15-4-2-7/h5-6,15,17H,1-4H2. The van der Waals surface area contributed by atoms with Gasteiger partial charge in [0, 0.05) is 31.6 Å². The molecule has 0 bridgehead atoms. The van der Waals surface area contributed by atoms with Crippen molar-refractivity contribution in [1.82, 2.24) is 5.32 Å². The molecule has 0 aliphatic carbocycles. The van der Waals surface area contributed by atoms with Gasteiger partial charge in [-0.3, -0.25) is 5.43 Å². The Morgan fingerprint density at radius 2 is 1.65 bits per heavy atom. The maximum Gasteiger partial charge on any atom is 0.0763 e. The second-order valence-corrected chi connectivity index (χ2v) is 5.01. The minimum Gasteiger partial charge on any atom is -0.316 e.